The zero-order valence-electron chi connectivity index (χ0n) is 20.1. The molecule has 0 saturated carbocycles. The number of likely N-dealkylation sites (tertiary alicyclic amines) is 1. The maximum absolute atomic E-state index is 13.2. The zero-order chi connectivity index (χ0) is 24.9. The third-order valence-corrected chi connectivity index (χ3v) is 6.22. The Balaban J connectivity index is 1.66. The molecule has 2 fully saturated rings. The van der Waals surface area contributed by atoms with Gasteiger partial charge in [0.15, 0.2) is 0 Å². The van der Waals surface area contributed by atoms with Gasteiger partial charge < -0.3 is 24.6 Å². The number of aliphatic hydroxyl groups is 1. The molecule has 0 aromatic heterocycles. The number of ether oxygens (including phenoxy) is 2. The van der Waals surface area contributed by atoms with Crippen molar-refractivity contribution in [1.82, 2.24) is 9.80 Å². The quantitative estimate of drug-likeness (QED) is 0.340. The standard InChI is InChI=1S/C27H32N2O6/c1-18(2)17-35-22-9-5-20(6-10-22)25(31)23-24(19-3-7-21(30)8-4-19)29(27(33)26(23)32)12-11-28-13-15-34-16-14-28/h3-10,18,24,30-31H,11-17H2,1-2H3/t24-/m1/s1. The molecule has 186 valence electrons. The summed E-state index contributed by atoms with van der Waals surface area (Å²) in [5, 5.41) is 21.0. The van der Waals surface area contributed by atoms with Gasteiger partial charge in [-0.2, -0.15) is 0 Å². The molecule has 1 atom stereocenters. The van der Waals surface area contributed by atoms with Gasteiger partial charge in [-0.1, -0.05) is 26.0 Å². The number of nitrogens with zero attached hydrogens (tertiary/aromatic N) is 2. The number of rotatable bonds is 8. The van der Waals surface area contributed by atoms with Crippen LogP contribution in [0.5, 0.6) is 11.5 Å². The lowest BCUT2D eigenvalue weighted by atomic mass is 9.95. The lowest BCUT2D eigenvalue weighted by Gasteiger charge is -2.31. The van der Waals surface area contributed by atoms with E-state index in [2.05, 4.69) is 18.7 Å². The maximum atomic E-state index is 13.2. The van der Waals surface area contributed by atoms with Crippen molar-refractivity contribution < 1.29 is 29.3 Å². The van der Waals surface area contributed by atoms with E-state index >= 15 is 0 Å². The van der Waals surface area contributed by atoms with Gasteiger partial charge in [-0.25, -0.2) is 0 Å². The first kappa shape index (κ1) is 24.8. The van der Waals surface area contributed by atoms with E-state index in [1.165, 1.54) is 17.0 Å². The van der Waals surface area contributed by atoms with Crippen LogP contribution in [0.4, 0.5) is 0 Å². The zero-order valence-corrected chi connectivity index (χ0v) is 20.1. The second-order valence-electron chi connectivity index (χ2n) is 9.27. The summed E-state index contributed by atoms with van der Waals surface area (Å²) in [7, 11) is 0. The summed E-state index contributed by atoms with van der Waals surface area (Å²) in [5.74, 6) is -0.475. The van der Waals surface area contributed by atoms with Crippen LogP contribution < -0.4 is 4.74 Å². The Morgan fingerprint density at radius 3 is 2.31 bits per heavy atom. The molecule has 2 aliphatic rings. The van der Waals surface area contributed by atoms with E-state index in [9.17, 15) is 19.8 Å². The first-order chi connectivity index (χ1) is 16.8. The summed E-state index contributed by atoms with van der Waals surface area (Å²) in [6.07, 6.45) is 0. The Morgan fingerprint density at radius 2 is 1.69 bits per heavy atom. The third-order valence-electron chi connectivity index (χ3n) is 6.22. The molecule has 8 nitrogen and oxygen atoms in total. The summed E-state index contributed by atoms with van der Waals surface area (Å²) in [5.41, 5.74) is 1.11. The lowest BCUT2D eigenvalue weighted by molar-refractivity contribution is -0.140. The number of phenolic OH excluding ortho intramolecular Hbond substituents is 1. The molecule has 0 bridgehead atoms. The average molecular weight is 481 g/mol. The minimum atomic E-state index is -0.756. The molecular weight excluding hydrogens is 448 g/mol. The van der Waals surface area contributed by atoms with Crippen molar-refractivity contribution in [2.45, 2.75) is 19.9 Å². The minimum Gasteiger partial charge on any atom is -0.508 e. The molecule has 2 N–H and O–H groups in total. The van der Waals surface area contributed by atoms with E-state index in [-0.39, 0.29) is 17.1 Å². The van der Waals surface area contributed by atoms with Crippen molar-refractivity contribution in [2.24, 2.45) is 5.92 Å². The van der Waals surface area contributed by atoms with Crippen LogP contribution >= 0.6 is 0 Å². The van der Waals surface area contributed by atoms with Crippen LogP contribution in [0.25, 0.3) is 5.76 Å². The molecule has 2 heterocycles. The molecule has 2 aliphatic heterocycles. The molecule has 0 aliphatic carbocycles. The maximum Gasteiger partial charge on any atom is 0.295 e. The van der Waals surface area contributed by atoms with Gasteiger partial charge in [-0.05, 0) is 47.9 Å². The first-order valence-electron chi connectivity index (χ1n) is 12.0. The van der Waals surface area contributed by atoms with Gasteiger partial charge in [0.05, 0.1) is 31.4 Å². The molecular formula is C27H32N2O6. The van der Waals surface area contributed by atoms with Crippen LogP contribution in [0.1, 0.15) is 31.0 Å². The number of aliphatic hydroxyl groups excluding tert-OH is 1. The third kappa shape index (κ3) is 5.66. The van der Waals surface area contributed by atoms with E-state index in [0.29, 0.717) is 55.7 Å². The van der Waals surface area contributed by atoms with Crippen molar-refractivity contribution in [3.63, 3.8) is 0 Å². The fourth-order valence-corrected chi connectivity index (χ4v) is 4.32. The van der Waals surface area contributed by atoms with E-state index < -0.39 is 17.7 Å². The molecule has 0 radical (unpaired) electrons. The van der Waals surface area contributed by atoms with E-state index in [1.807, 2.05) is 0 Å². The second kappa shape index (κ2) is 10.9. The molecule has 2 saturated heterocycles. The van der Waals surface area contributed by atoms with Crippen molar-refractivity contribution in [3.8, 4) is 11.5 Å². The van der Waals surface area contributed by atoms with Gasteiger partial charge in [-0.3, -0.25) is 14.5 Å². The molecule has 2 aromatic rings. The van der Waals surface area contributed by atoms with Gasteiger partial charge in [-0.15, -0.1) is 0 Å². The number of hydrogen-bond acceptors (Lipinski definition) is 7. The van der Waals surface area contributed by atoms with Crippen molar-refractivity contribution in [2.75, 3.05) is 46.0 Å². The number of carbonyl (C=O) groups excluding carboxylic acids is 2. The number of amides is 1. The summed E-state index contributed by atoms with van der Waals surface area (Å²) in [6.45, 7) is 8.40. The van der Waals surface area contributed by atoms with E-state index in [4.69, 9.17) is 9.47 Å². The van der Waals surface area contributed by atoms with Crippen LogP contribution in [0.15, 0.2) is 54.1 Å². The fourth-order valence-electron chi connectivity index (χ4n) is 4.32. The Bertz CT molecular complexity index is 1070. The van der Waals surface area contributed by atoms with Gasteiger partial charge in [0.2, 0.25) is 0 Å². The molecule has 0 unspecified atom stereocenters. The highest BCUT2D eigenvalue weighted by atomic mass is 16.5. The first-order valence-corrected chi connectivity index (χ1v) is 12.0. The number of Topliss-reactive ketones (excluding diaryl/α,β-unsaturated/α-hetero) is 1. The van der Waals surface area contributed by atoms with Crippen LogP contribution in [0, 0.1) is 5.92 Å². The molecule has 0 spiro atoms. The average Bonchev–Trinajstić information content (AvgIpc) is 3.12. The van der Waals surface area contributed by atoms with Gasteiger partial charge in [0, 0.05) is 31.7 Å². The predicted octanol–water partition coefficient (Wildman–Crippen LogP) is 3.18. The largest absolute Gasteiger partial charge is 0.508 e. The fraction of sp³-hybridized carbons (Fsp3) is 0.407. The van der Waals surface area contributed by atoms with Gasteiger partial charge in [0.25, 0.3) is 11.7 Å². The predicted molar refractivity (Wildman–Crippen MR) is 131 cm³/mol. The molecule has 35 heavy (non-hydrogen) atoms. The second-order valence-corrected chi connectivity index (χ2v) is 9.27. The minimum absolute atomic E-state index is 0.0403. The van der Waals surface area contributed by atoms with Crippen molar-refractivity contribution in [3.05, 3.63) is 65.2 Å². The number of phenols is 1. The highest BCUT2D eigenvalue weighted by Gasteiger charge is 2.46. The summed E-state index contributed by atoms with van der Waals surface area (Å²) in [4.78, 5) is 30.0. The number of hydrogen-bond donors (Lipinski definition) is 2. The number of aromatic hydroxyl groups is 1. The lowest BCUT2D eigenvalue weighted by Crippen LogP contribution is -2.42. The number of ketones is 1. The Hall–Kier alpha value is -3.36. The summed E-state index contributed by atoms with van der Waals surface area (Å²) >= 11 is 0. The topological polar surface area (TPSA) is 99.5 Å². The summed E-state index contributed by atoms with van der Waals surface area (Å²) in [6, 6.07) is 12.4. The SMILES string of the molecule is CC(C)COc1ccc(C(O)=C2C(=O)C(=O)N(CCN3CCOCC3)[C@@H]2c2ccc(O)cc2)cc1. The van der Waals surface area contributed by atoms with Crippen LogP contribution in [0.2, 0.25) is 0 Å². The van der Waals surface area contributed by atoms with E-state index in [0.717, 1.165) is 13.1 Å². The Labute approximate surface area is 205 Å². The smallest absolute Gasteiger partial charge is 0.295 e. The van der Waals surface area contributed by atoms with Crippen LogP contribution in [-0.2, 0) is 14.3 Å². The van der Waals surface area contributed by atoms with Crippen molar-refractivity contribution in [1.29, 1.82) is 0 Å². The number of morpholine rings is 1. The normalized spacial score (nSPS) is 20.5. The number of carbonyl (C=O) groups is 2. The van der Waals surface area contributed by atoms with Crippen LogP contribution in [-0.4, -0.2) is 77.7 Å². The number of benzene rings is 2. The summed E-state index contributed by atoms with van der Waals surface area (Å²) < 4.78 is 11.1. The molecule has 8 heteroatoms. The van der Waals surface area contributed by atoms with Gasteiger partial charge in [0.1, 0.15) is 17.3 Å². The van der Waals surface area contributed by atoms with Crippen LogP contribution in [0.3, 0.4) is 0 Å². The van der Waals surface area contributed by atoms with Crippen molar-refractivity contribution >= 4 is 17.4 Å². The van der Waals surface area contributed by atoms with E-state index in [1.54, 1.807) is 36.4 Å². The van der Waals surface area contributed by atoms with Gasteiger partial charge >= 0.3 is 0 Å². The Morgan fingerprint density at radius 1 is 1.03 bits per heavy atom. The molecule has 1 amide bonds. The molecule has 4 rings (SSSR count). The molecule has 2 aromatic carbocycles. The highest BCUT2D eigenvalue weighted by Crippen LogP contribution is 2.39. The highest BCUT2D eigenvalue weighted by molar-refractivity contribution is 6.46. The Kier molecular flexibility index (Phi) is 7.73. The monoisotopic (exact) mass is 480 g/mol.